The van der Waals surface area contributed by atoms with Crippen molar-refractivity contribution in [1.82, 2.24) is 24.6 Å². The fourth-order valence-corrected chi connectivity index (χ4v) is 5.57. The van der Waals surface area contributed by atoms with E-state index in [4.69, 9.17) is 4.52 Å². The molecule has 1 saturated carbocycles. The SMILES string of the molecule is CN=C(NCCN(C)C1CCCCC1)N1CCN(S(=O)(=O)Cc2ccon2)CC1.I. The predicted octanol–water partition coefficient (Wildman–Crippen LogP) is 1.58. The largest absolute Gasteiger partial charge is 0.364 e. The fraction of sp³-hybridized carbons (Fsp3) is 0.789. The van der Waals surface area contributed by atoms with Crippen LogP contribution in [0.5, 0.6) is 0 Å². The van der Waals surface area contributed by atoms with Crippen LogP contribution >= 0.6 is 24.0 Å². The van der Waals surface area contributed by atoms with Crippen molar-refractivity contribution < 1.29 is 12.9 Å². The molecule has 30 heavy (non-hydrogen) atoms. The minimum Gasteiger partial charge on any atom is -0.364 e. The topological polar surface area (TPSA) is 94.3 Å². The van der Waals surface area contributed by atoms with Gasteiger partial charge in [-0.2, -0.15) is 4.31 Å². The number of likely N-dealkylation sites (N-methyl/N-ethyl adjacent to an activating group) is 1. The lowest BCUT2D eigenvalue weighted by atomic mass is 9.94. The van der Waals surface area contributed by atoms with Crippen LogP contribution in [0.2, 0.25) is 0 Å². The maximum atomic E-state index is 12.6. The summed E-state index contributed by atoms with van der Waals surface area (Å²) in [4.78, 5) is 8.97. The van der Waals surface area contributed by atoms with Gasteiger partial charge in [0.25, 0.3) is 0 Å². The molecule has 0 atom stereocenters. The molecule has 2 fully saturated rings. The molecular weight excluding hydrogens is 519 g/mol. The number of nitrogens with one attached hydrogen (secondary N) is 1. The summed E-state index contributed by atoms with van der Waals surface area (Å²) in [5.74, 6) is 0.722. The average molecular weight is 554 g/mol. The fourth-order valence-electron chi connectivity index (χ4n) is 4.15. The molecule has 172 valence electrons. The third-order valence-corrected chi connectivity index (χ3v) is 7.72. The maximum absolute atomic E-state index is 12.6. The van der Waals surface area contributed by atoms with E-state index in [2.05, 4.69) is 32.3 Å². The Morgan fingerprint density at radius 2 is 1.97 bits per heavy atom. The van der Waals surface area contributed by atoms with Crippen molar-refractivity contribution in [1.29, 1.82) is 0 Å². The van der Waals surface area contributed by atoms with Gasteiger partial charge in [0.1, 0.15) is 12.0 Å². The average Bonchev–Trinajstić information content (AvgIpc) is 3.24. The van der Waals surface area contributed by atoms with Crippen LogP contribution in [0.3, 0.4) is 0 Å². The second kappa shape index (κ2) is 12.2. The van der Waals surface area contributed by atoms with Crippen molar-refractivity contribution in [3.05, 3.63) is 18.0 Å². The first-order valence-electron chi connectivity index (χ1n) is 10.5. The molecule has 1 aromatic rings. The third kappa shape index (κ3) is 7.06. The van der Waals surface area contributed by atoms with Gasteiger partial charge in [0.05, 0.1) is 5.69 Å². The smallest absolute Gasteiger partial charge is 0.220 e. The van der Waals surface area contributed by atoms with Gasteiger partial charge < -0.3 is 19.6 Å². The number of nitrogens with zero attached hydrogens (tertiary/aromatic N) is 5. The zero-order valence-electron chi connectivity index (χ0n) is 18.0. The number of sulfonamides is 1. The maximum Gasteiger partial charge on any atom is 0.220 e. The highest BCUT2D eigenvalue weighted by Gasteiger charge is 2.29. The van der Waals surface area contributed by atoms with Crippen LogP contribution < -0.4 is 5.32 Å². The number of hydrogen-bond donors (Lipinski definition) is 1. The molecule has 0 unspecified atom stereocenters. The second-order valence-electron chi connectivity index (χ2n) is 7.88. The minimum atomic E-state index is -3.39. The Balaban J connectivity index is 0.00000320. The van der Waals surface area contributed by atoms with Gasteiger partial charge >= 0.3 is 0 Å². The Kier molecular flexibility index (Phi) is 10.3. The van der Waals surface area contributed by atoms with Gasteiger partial charge in [-0.25, -0.2) is 8.42 Å². The lowest BCUT2D eigenvalue weighted by Gasteiger charge is -2.36. The van der Waals surface area contributed by atoms with E-state index < -0.39 is 10.0 Å². The third-order valence-electron chi connectivity index (χ3n) is 5.91. The number of hydrogen-bond acceptors (Lipinski definition) is 6. The molecule has 1 saturated heterocycles. The summed E-state index contributed by atoms with van der Waals surface area (Å²) in [5.41, 5.74) is 0.437. The number of aliphatic imine (C=N–C) groups is 1. The zero-order chi connectivity index (χ0) is 20.7. The molecule has 2 heterocycles. The lowest BCUT2D eigenvalue weighted by molar-refractivity contribution is 0.193. The van der Waals surface area contributed by atoms with Gasteiger partial charge in [-0.1, -0.05) is 24.4 Å². The molecule has 1 aromatic heterocycles. The van der Waals surface area contributed by atoms with Crippen LogP contribution in [0.25, 0.3) is 0 Å². The van der Waals surface area contributed by atoms with Crippen LogP contribution in [-0.2, 0) is 15.8 Å². The van der Waals surface area contributed by atoms with E-state index >= 15 is 0 Å². The molecule has 0 aromatic carbocycles. The molecule has 2 aliphatic rings. The van der Waals surface area contributed by atoms with Crippen molar-refractivity contribution >= 4 is 40.0 Å². The number of aromatic nitrogens is 1. The van der Waals surface area contributed by atoms with Gasteiger partial charge in [0, 0.05) is 58.4 Å². The number of rotatable bonds is 7. The van der Waals surface area contributed by atoms with Crippen LogP contribution in [-0.4, -0.2) is 93.0 Å². The molecule has 1 N–H and O–H groups in total. The zero-order valence-corrected chi connectivity index (χ0v) is 21.1. The predicted molar refractivity (Wildman–Crippen MR) is 129 cm³/mol. The summed E-state index contributed by atoms with van der Waals surface area (Å²) < 4.78 is 31.4. The Hall–Kier alpha value is -0.920. The Morgan fingerprint density at radius 3 is 2.57 bits per heavy atom. The summed E-state index contributed by atoms with van der Waals surface area (Å²) in [6, 6.07) is 2.29. The first-order chi connectivity index (χ1) is 14.0. The highest BCUT2D eigenvalue weighted by molar-refractivity contribution is 14.0. The number of guanidine groups is 1. The summed E-state index contributed by atoms with van der Waals surface area (Å²) >= 11 is 0. The molecule has 0 spiro atoms. The molecule has 1 aliphatic heterocycles. The highest BCUT2D eigenvalue weighted by Crippen LogP contribution is 2.21. The van der Waals surface area contributed by atoms with E-state index in [9.17, 15) is 8.42 Å². The van der Waals surface area contributed by atoms with Crippen LogP contribution in [0.4, 0.5) is 0 Å². The molecule has 0 bridgehead atoms. The van der Waals surface area contributed by atoms with E-state index in [1.54, 1.807) is 13.1 Å². The first-order valence-corrected chi connectivity index (χ1v) is 12.1. The number of piperazine rings is 1. The van der Waals surface area contributed by atoms with Crippen molar-refractivity contribution in [2.24, 2.45) is 4.99 Å². The van der Waals surface area contributed by atoms with E-state index in [0.29, 0.717) is 37.9 Å². The van der Waals surface area contributed by atoms with E-state index in [0.717, 1.165) is 19.0 Å². The molecule has 11 heteroatoms. The Bertz CT molecular complexity index is 744. The van der Waals surface area contributed by atoms with Gasteiger partial charge in [0.2, 0.25) is 10.0 Å². The second-order valence-corrected chi connectivity index (χ2v) is 9.85. The minimum absolute atomic E-state index is 0. The van der Waals surface area contributed by atoms with E-state index in [1.165, 1.54) is 42.7 Å². The summed E-state index contributed by atoms with van der Waals surface area (Å²) in [6.07, 6.45) is 8.05. The van der Waals surface area contributed by atoms with Crippen LogP contribution in [0.1, 0.15) is 37.8 Å². The van der Waals surface area contributed by atoms with E-state index in [1.807, 2.05) is 0 Å². The van der Waals surface area contributed by atoms with Crippen molar-refractivity contribution in [3.8, 4) is 0 Å². The summed E-state index contributed by atoms with van der Waals surface area (Å²) in [5, 5.41) is 7.15. The molecular formula is C19H35IN6O3S. The van der Waals surface area contributed by atoms with Gasteiger partial charge in [-0.3, -0.25) is 4.99 Å². The van der Waals surface area contributed by atoms with Gasteiger partial charge in [-0.15, -0.1) is 24.0 Å². The van der Waals surface area contributed by atoms with E-state index in [-0.39, 0.29) is 29.7 Å². The normalized spacial score (nSPS) is 19.7. The summed E-state index contributed by atoms with van der Waals surface area (Å²) in [6.45, 7) is 3.96. The van der Waals surface area contributed by atoms with Gasteiger partial charge in [0.15, 0.2) is 5.96 Å². The lowest BCUT2D eigenvalue weighted by Crippen LogP contribution is -2.54. The van der Waals surface area contributed by atoms with Crippen molar-refractivity contribution in [2.45, 2.75) is 43.9 Å². The molecule has 1 aliphatic carbocycles. The monoisotopic (exact) mass is 554 g/mol. The Labute approximate surface area is 197 Å². The molecule has 0 radical (unpaired) electrons. The Morgan fingerprint density at radius 1 is 1.27 bits per heavy atom. The van der Waals surface area contributed by atoms with Crippen LogP contribution in [0.15, 0.2) is 21.8 Å². The van der Waals surface area contributed by atoms with Crippen molar-refractivity contribution in [3.63, 3.8) is 0 Å². The molecule has 9 nitrogen and oxygen atoms in total. The van der Waals surface area contributed by atoms with Gasteiger partial charge in [-0.05, 0) is 19.9 Å². The molecule has 3 rings (SSSR count). The van der Waals surface area contributed by atoms with Crippen molar-refractivity contribution in [2.75, 3.05) is 53.4 Å². The highest BCUT2D eigenvalue weighted by atomic mass is 127. The summed E-state index contributed by atoms with van der Waals surface area (Å²) in [7, 11) is 0.600. The van der Waals surface area contributed by atoms with Crippen LogP contribution in [0, 0.1) is 0 Å². The first kappa shape index (κ1) is 25.3. The standard InChI is InChI=1S/C19H34N6O3S.HI/c1-20-19(21-9-10-23(2)18-6-4-3-5-7-18)24-11-13-25(14-12-24)29(26,27)16-17-8-15-28-22-17;/h8,15,18H,3-7,9-14,16H2,1-2H3,(H,20,21);1H. The number of halogens is 1. The quantitative estimate of drug-likeness (QED) is 0.311. The molecule has 0 amide bonds.